The Morgan fingerprint density at radius 2 is 2.30 bits per heavy atom. The molecule has 4 heteroatoms. The highest BCUT2D eigenvalue weighted by Gasteiger charge is 2.30. The van der Waals surface area contributed by atoms with Gasteiger partial charge in [0.05, 0.1) is 13.2 Å². The van der Waals surface area contributed by atoms with Crippen LogP contribution in [0.1, 0.15) is 24.5 Å². The summed E-state index contributed by atoms with van der Waals surface area (Å²) in [5.41, 5.74) is 7.05. The topological polar surface area (TPSA) is 49.5 Å². The van der Waals surface area contributed by atoms with E-state index in [-0.39, 0.29) is 25.0 Å². The largest absolute Gasteiger partial charge is 0.395 e. The molecule has 3 N–H and O–H groups in total. The minimum absolute atomic E-state index is 0.159. The van der Waals surface area contributed by atoms with Gasteiger partial charge in [-0.05, 0) is 36.6 Å². The Balaban J connectivity index is 2.20. The van der Waals surface area contributed by atoms with Crippen LogP contribution in [0.5, 0.6) is 0 Å². The van der Waals surface area contributed by atoms with E-state index in [2.05, 4.69) is 23.7 Å². The molecule has 1 aliphatic heterocycles. The van der Waals surface area contributed by atoms with Crippen LogP contribution >= 0.6 is 0 Å². The molecule has 1 heterocycles. The second kappa shape index (κ2) is 6.85. The predicted molar refractivity (Wildman–Crippen MR) is 77.4 cm³/mol. The highest BCUT2D eigenvalue weighted by molar-refractivity contribution is 5.42. The summed E-state index contributed by atoms with van der Waals surface area (Å²) in [6.07, 6.45) is 1.08. The van der Waals surface area contributed by atoms with Crippen molar-refractivity contribution < 1.29 is 9.50 Å². The second-order valence-electron chi connectivity index (χ2n) is 5.29. The van der Waals surface area contributed by atoms with Gasteiger partial charge in [-0.15, -0.1) is 0 Å². The van der Waals surface area contributed by atoms with Gasteiger partial charge in [0.1, 0.15) is 5.82 Å². The van der Waals surface area contributed by atoms with E-state index in [1.165, 1.54) is 12.1 Å². The summed E-state index contributed by atoms with van der Waals surface area (Å²) in [7, 11) is 0. The lowest BCUT2D eigenvalue weighted by molar-refractivity contribution is 0.134. The zero-order valence-electron chi connectivity index (χ0n) is 11.8. The first-order valence-corrected chi connectivity index (χ1v) is 6.98. The molecule has 0 aromatic heterocycles. The Labute approximate surface area is 119 Å². The average Bonchev–Trinajstić information content (AvgIpc) is 2.79. The Morgan fingerprint density at radius 1 is 1.50 bits per heavy atom. The van der Waals surface area contributed by atoms with Crippen LogP contribution in [-0.2, 0) is 6.54 Å². The smallest absolute Gasteiger partial charge is 0.124 e. The molecule has 0 saturated carbocycles. The SMILES string of the molecule is CC1CCN(Cc2ccc(F)cc2C#CCN)C1CO. The maximum Gasteiger partial charge on any atom is 0.124 e. The summed E-state index contributed by atoms with van der Waals surface area (Å²) >= 11 is 0. The summed E-state index contributed by atoms with van der Waals surface area (Å²) in [6, 6.07) is 4.85. The van der Waals surface area contributed by atoms with Crippen molar-refractivity contribution in [1.29, 1.82) is 0 Å². The molecule has 1 aliphatic rings. The Kier molecular flexibility index (Phi) is 5.13. The fourth-order valence-electron chi connectivity index (χ4n) is 2.75. The summed E-state index contributed by atoms with van der Waals surface area (Å²) < 4.78 is 13.3. The van der Waals surface area contributed by atoms with Crippen LogP contribution in [0.15, 0.2) is 18.2 Å². The number of benzene rings is 1. The van der Waals surface area contributed by atoms with Crippen LogP contribution in [0, 0.1) is 23.6 Å². The van der Waals surface area contributed by atoms with Crippen molar-refractivity contribution in [2.24, 2.45) is 11.7 Å². The van der Waals surface area contributed by atoms with Crippen molar-refractivity contribution in [3.8, 4) is 11.8 Å². The molecule has 0 spiro atoms. The molecule has 1 saturated heterocycles. The van der Waals surface area contributed by atoms with Gasteiger partial charge in [-0.3, -0.25) is 4.90 Å². The van der Waals surface area contributed by atoms with E-state index in [4.69, 9.17) is 5.73 Å². The van der Waals surface area contributed by atoms with E-state index >= 15 is 0 Å². The normalized spacial score (nSPS) is 22.6. The number of likely N-dealkylation sites (tertiary alicyclic amines) is 1. The van der Waals surface area contributed by atoms with E-state index < -0.39 is 0 Å². The number of nitrogens with zero attached hydrogens (tertiary/aromatic N) is 1. The van der Waals surface area contributed by atoms with Gasteiger partial charge >= 0.3 is 0 Å². The second-order valence-corrected chi connectivity index (χ2v) is 5.29. The number of hydrogen-bond donors (Lipinski definition) is 2. The molecule has 0 bridgehead atoms. The molecule has 2 unspecified atom stereocenters. The van der Waals surface area contributed by atoms with Crippen LogP contribution in [-0.4, -0.2) is 35.7 Å². The van der Waals surface area contributed by atoms with Gasteiger partial charge in [-0.2, -0.15) is 0 Å². The molecule has 20 heavy (non-hydrogen) atoms. The maximum atomic E-state index is 13.3. The zero-order chi connectivity index (χ0) is 14.5. The third-order valence-electron chi connectivity index (χ3n) is 3.96. The van der Waals surface area contributed by atoms with Crippen molar-refractivity contribution in [3.05, 3.63) is 35.1 Å². The van der Waals surface area contributed by atoms with Crippen molar-refractivity contribution in [2.75, 3.05) is 19.7 Å². The molecule has 3 nitrogen and oxygen atoms in total. The number of nitrogens with two attached hydrogens (primary N) is 1. The van der Waals surface area contributed by atoms with Gasteiger partial charge in [0.15, 0.2) is 0 Å². The van der Waals surface area contributed by atoms with Gasteiger partial charge in [-0.25, -0.2) is 4.39 Å². The molecule has 1 fully saturated rings. The van der Waals surface area contributed by atoms with Crippen LogP contribution < -0.4 is 5.73 Å². The van der Waals surface area contributed by atoms with E-state index in [1.54, 1.807) is 6.07 Å². The molecule has 2 atom stereocenters. The van der Waals surface area contributed by atoms with Crippen molar-refractivity contribution in [3.63, 3.8) is 0 Å². The first-order chi connectivity index (χ1) is 9.65. The molecular formula is C16H21FN2O. The van der Waals surface area contributed by atoms with Crippen molar-refractivity contribution >= 4 is 0 Å². The predicted octanol–water partition coefficient (Wildman–Crippen LogP) is 1.34. The summed E-state index contributed by atoms with van der Waals surface area (Å²) in [4.78, 5) is 2.24. The number of hydrogen-bond acceptors (Lipinski definition) is 3. The Bertz CT molecular complexity index is 521. The van der Waals surface area contributed by atoms with Gasteiger partial charge < -0.3 is 10.8 Å². The lowest BCUT2D eigenvalue weighted by Gasteiger charge is -2.25. The quantitative estimate of drug-likeness (QED) is 0.819. The van der Waals surface area contributed by atoms with Crippen molar-refractivity contribution in [1.82, 2.24) is 4.90 Å². The first kappa shape index (κ1) is 15.0. The van der Waals surface area contributed by atoms with Crippen LogP contribution in [0.25, 0.3) is 0 Å². The number of aliphatic hydroxyl groups is 1. The van der Waals surface area contributed by atoms with E-state index in [0.717, 1.165) is 18.5 Å². The van der Waals surface area contributed by atoms with Crippen molar-refractivity contribution in [2.45, 2.75) is 25.9 Å². The van der Waals surface area contributed by atoms with Crippen LogP contribution in [0.4, 0.5) is 4.39 Å². The lowest BCUT2D eigenvalue weighted by Crippen LogP contribution is -2.34. The number of rotatable bonds is 3. The standard InChI is InChI=1S/C16H21FN2O/c1-12-6-8-19(16(12)11-20)10-14-4-5-15(17)9-13(14)3-2-7-18/h4-5,9,12,16,20H,6-8,10-11,18H2,1H3. The van der Waals surface area contributed by atoms with Gasteiger partial charge in [-0.1, -0.05) is 24.8 Å². The summed E-state index contributed by atoms with van der Waals surface area (Å²) in [5, 5.41) is 9.49. The van der Waals surface area contributed by atoms with Crippen LogP contribution in [0.2, 0.25) is 0 Å². The molecular weight excluding hydrogens is 255 g/mol. The maximum absolute atomic E-state index is 13.3. The monoisotopic (exact) mass is 276 g/mol. The fraction of sp³-hybridized carbons (Fsp3) is 0.500. The zero-order valence-corrected chi connectivity index (χ0v) is 11.8. The van der Waals surface area contributed by atoms with Gasteiger partial charge in [0.25, 0.3) is 0 Å². The lowest BCUT2D eigenvalue weighted by atomic mass is 10.0. The minimum Gasteiger partial charge on any atom is -0.395 e. The Hall–Kier alpha value is -1.41. The number of aliphatic hydroxyl groups excluding tert-OH is 1. The Morgan fingerprint density at radius 3 is 3.00 bits per heavy atom. The fourth-order valence-corrected chi connectivity index (χ4v) is 2.75. The highest BCUT2D eigenvalue weighted by atomic mass is 19.1. The molecule has 2 rings (SSSR count). The number of halogens is 1. The third kappa shape index (κ3) is 3.37. The van der Waals surface area contributed by atoms with E-state index in [0.29, 0.717) is 18.0 Å². The first-order valence-electron chi connectivity index (χ1n) is 6.98. The van der Waals surface area contributed by atoms with Gasteiger partial charge in [0, 0.05) is 18.2 Å². The highest BCUT2D eigenvalue weighted by Crippen LogP contribution is 2.26. The van der Waals surface area contributed by atoms with E-state index in [9.17, 15) is 9.50 Å². The molecule has 0 amide bonds. The minimum atomic E-state index is -0.288. The molecule has 1 aromatic carbocycles. The summed E-state index contributed by atoms with van der Waals surface area (Å²) in [6.45, 7) is 4.21. The molecule has 108 valence electrons. The summed E-state index contributed by atoms with van der Waals surface area (Å²) in [5.74, 6) is 5.90. The molecule has 0 aliphatic carbocycles. The molecule has 0 radical (unpaired) electrons. The van der Waals surface area contributed by atoms with E-state index in [1.807, 2.05) is 0 Å². The third-order valence-corrected chi connectivity index (χ3v) is 3.96. The van der Waals surface area contributed by atoms with Crippen LogP contribution in [0.3, 0.4) is 0 Å². The average molecular weight is 276 g/mol. The van der Waals surface area contributed by atoms with Gasteiger partial charge in [0.2, 0.25) is 0 Å². The molecule has 1 aromatic rings.